The zero-order chi connectivity index (χ0) is 18.4. The summed E-state index contributed by atoms with van der Waals surface area (Å²) in [5, 5.41) is 1.88. The van der Waals surface area contributed by atoms with Crippen LogP contribution in [0.1, 0.15) is 5.56 Å². The first kappa shape index (κ1) is 16.9. The fourth-order valence-corrected chi connectivity index (χ4v) is 5.42. The molecule has 5 heteroatoms. The SMILES string of the molecule is Cc1cccc(-c2nc3sc4ccccc4n3c2Sc2ccc(Cl)cc2)c1. The molecule has 0 radical (unpaired) electrons. The number of rotatable bonds is 3. The molecule has 2 heterocycles. The normalized spacial score (nSPS) is 11.5. The Morgan fingerprint density at radius 1 is 0.963 bits per heavy atom. The van der Waals surface area contributed by atoms with E-state index in [9.17, 15) is 0 Å². The maximum atomic E-state index is 6.07. The van der Waals surface area contributed by atoms with Crippen molar-refractivity contribution in [3.05, 3.63) is 83.4 Å². The van der Waals surface area contributed by atoms with Crippen LogP contribution >= 0.6 is 34.7 Å². The van der Waals surface area contributed by atoms with E-state index >= 15 is 0 Å². The lowest BCUT2D eigenvalue weighted by atomic mass is 10.1. The van der Waals surface area contributed by atoms with Gasteiger partial charge in [-0.15, -0.1) is 0 Å². The summed E-state index contributed by atoms with van der Waals surface area (Å²) in [4.78, 5) is 7.17. The molecule has 2 nitrogen and oxygen atoms in total. The number of benzene rings is 3. The van der Waals surface area contributed by atoms with Crippen LogP contribution in [0.4, 0.5) is 0 Å². The third kappa shape index (κ3) is 3.04. The third-order valence-electron chi connectivity index (χ3n) is 4.43. The Bertz CT molecular complexity index is 1270. The van der Waals surface area contributed by atoms with E-state index in [1.165, 1.54) is 15.8 Å². The third-order valence-corrected chi connectivity index (χ3v) is 6.78. The molecule has 0 fully saturated rings. The van der Waals surface area contributed by atoms with Crippen LogP contribution in [0.25, 0.3) is 26.4 Å². The van der Waals surface area contributed by atoms with Crippen molar-refractivity contribution < 1.29 is 0 Å². The van der Waals surface area contributed by atoms with Crippen LogP contribution in [-0.4, -0.2) is 9.38 Å². The first-order valence-corrected chi connectivity index (χ1v) is 10.6. The number of halogens is 1. The summed E-state index contributed by atoms with van der Waals surface area (Å²) in [6, 6.07) is 25.0. The van der Waals surface area contributed by atoms with Crippen LogP contribution in [0.2, 0.25) is 5.02 Å². The number of hydrogen-bond acceptors (Lipinski definition) is 3. The van der Waals surface area contributed by atoms with Gasteiger partial charge in [0.25, 0.3) is 0 Å². The first-order chi connectivity index (χ1) is 13.2. The maximum absolute atomic E-state index is 6.07. The van der Waals surface area contributed by atoms with Gasteiger partial charge in [-0.25, -0.2) is 4.98 Å². The largest absolute Gasteiger partial charge is 0.277 e. The summed E-state index contributed by atoms with van der Waals surface area (Å²) >= 11 is 9.52. The molecule has 0 unspecified atom stereocenters. The number of para-hydroxylation sites is 1. The Kier molecular flexibility index (Phi) is 4.20. The molecular formula is C22H15ClN2S2. The minimum atomic E-state index is 0.748. The topological polar surface area (TPSA) is 17.3 Å². The quantitative estimate of drug-likeness (QED) is 0.312. The van der Waals surface area contributed by atoms with Crippen molar-refractivity contribution in [1.29, 1.82) is 0 Å². The number of thiazole rings is 1. The van der Waals surface area contributed by atoms with Gasteiger partial charge >= 0.3 is 0 Å². The Morgan fingerprint density at radius 2 is 1.78 bits per heavy atom. The molecule has 0 saturated heterocycles. The number of fused-ring (bicyclic) bond motifs is 3. The number of nitrogens with zero attached hydrogens (tertiary/aromatic N) is 2. The summed E-state index contributed by atoms with van der Waals surface area (Å²) in [6.07, 6.45) is 0. The number of aromatic nitrogens is 2. The van der Waals surface area contributed by atoms with Crippen molar-refractivity contribution in [2.45, 2.75) is 16.8 Å². The molecule has 0 amide bonds. The zero-order valence-electron chi connectivity index (χ0n) is 14.5. The van der Waals surface area contributed by atoms with E-state index in [2.05, 4.69) is 72.0 Å². The number of imidazole rings is 1. The zero-order valence-corrected chi connectivity index (χ0v) is 16.9. The molecule has 2 aromatic heterocycles. The monoisotopic (exact) mass is 406 g/mol. The molecule has 0 N–H and O–H groups in total. The van der Waals surface area contributed by atoms with E-state index < -0.39 is 0 Å². The highest BCUT2D eigenvalue weighted by Gasteiger charge is 2.19. The molecule has 27 heavy (non-hydrogen) atoms. The highest BCUT2D eigenvalue weighted by atomic mass is 35.5. The molecule has 0 spiro atoms. The molecule has 132 valence electrons. The van der Waals surface area contributed by atoms with Gasteiger partial charge in [-0.05, 0) is 49.4 Å². The summed E-state index contributed by atoms with van der Waals surface area (Å²) in [5.41, 5.74) is 4.60. The smallest absolute Gasteiger partial charge is 0.196 e. The second kappa shape index (κ2) is 6.71. The molecular weight excluding hydrogens is 392 g/mol. The Labute approximate surface area is 170 Å². The fraction of sp³-hybridized carbons (Fsp3) is 0.0455. The second-order valence-corrected chi connectivity index (χ2v) is 8.89. The van der Waals surface area contributed by atoms with Crippen LogP contribution in [0.15, 0.2) is 82.7 Å². The van der Waals surface area contributed by atoms with Crippen molar-refractivity contribution in [3.63, 3.8) is 0 Å². The molecule has 0 atom stereocenters. The van der Waals surface area contributed by atoms with Gasteiger partial charge in [0.2, 0.25) is 0 Å². The predicted molar refractivity (Wildman–Crippen MR) is 116 cm³/mol. The highest BCUT2D eigenvalue weighted by Crippen LogP contribution is 2.41. The summed E-state index contributed by atoms with van der Waals surface area (Å²) in [6.45, 7) is 2.11. The molecule has 3 aromatic carbocycles. The van der Waals surface area contributed by atoms with Crippen molar-refractivity contribution in [2.75, 3.05) is 0 Å². The minimum absolute atomic E-state index is 0.748. The van der Waals surface area contributed by atoms with Gasteiger partial charge in [0.15, 0.2) is 4.96 Å². The van der Waals surface area contributed by atoms with E-state index in [0.717, 1.165) is 31.2 Å². The van der Waals surface area contributed by atoms with Crippen LogP contribution in [0.5, 0.6) is 0 Å². The van der Waals surface area contributed by atoms with Crippen molar-refractivity contribution in [1.82, 2.24) is 9.38 Å². The van der Waals surface area contributed by atoms with E-state index in [1.807, 2.05) is 12.1 Å². The number of hydrogen-bond donors (Lipinski definition) is 0. The van der Waals surface area contributed by atoms with Crippen molar-refractivity contribution in [3.8, 4) is 11.3 Å². The molecule has 5 rings (SSSR count). The van der Waals surface area contributed by atoms with Gasteiger partial charge in [-0.1, -0.05) is 70.6 Å². The molecule has 0 aliphatic carbocycles. The lowest BCUT2D eigenvalue weighted by molar-refractivity contribution is 1.12. The van der Waals surface area contributed by atoms with Gasteiger partial charge in [0.05, 0.1) is 10.2 Å². The van der Waals surface area contributed by atoms with E-state index in [4.69, 9.17) is 16.6 Å². The Morgan fingerprint density at radius 3 is 2.59 bits per heavy atom. The van der Waals surface area contributed by atoms with Gasteiger partial charge in [-0.3, -0.25) is 4.40 Å². The van der Waals surface area contributed by atoms with Gasteiger partial charge in [-0.2, -0.15) is 0 Å². The van der Waals surface area contributed by atoms with Crippen LogP contribution in [0, 0.1) is 6.92 Å². The van der Waals surface area contributed by atoms with Crippen molar-refractivity contribution in [2.24, 2.45) is 0 Å². The van der Waals surface area contributed by atoms with E-state index in [0.29, 0.717) is 0 Å². The minimum Gasteiger partial charge on any atom is -0.277 e. The fourth-order valence-electron chi connectivity index (χ4n) is 3.18. The Hall–Kier alpha value is -2.27. The van der Waals surface area contributed by atoms with Gasteiger partial charge in [0, 0.05) is 15.5 Å². The average Bonchev–Trinajstić information content (AvgIpc) is 3.20. The number of aryl methyl sites for hydroxylation is 1. The summed E-state index contributed by atoms with van der Waals surface area (Å²) in [7, 11) is 0. The standard InChI is InChI=1S/C22H15ClN2S2/c1-14-5-4-6-15(13-14)20-21(26-17-11-9-16(23)10-12-17)25-18-7-2-3-8-19(18)27-22(25)24-20/h2-13H,1H3. The average molecular weight is 407 g/mol. The second-order valence-electron chi connectivity index (χ2n) is 6.38. The highest BCUT2D eigenvalue weighted by molar-refractivity contribution is 7.99. The van der Waals surface area contributed by atoms with E-state index in [-0.39, 0.29) is 0 Å². The van der Waals surface area contributed by atoms with Crippen LogP contribution in [-0.2, 0) is 0 Å². The molecule has 5 aromatic rings. The Balaban J connectivity index is 1.77. The van der Waals surface area contributed by atoms with Crippen LogP contribution in [0.3, 0.4) is 0 Å². The first-order valence-electron chi connectivity index (χ1n) is 8.59. The van der Waals surface area contributed by atoms with E-state index in [1.54, 1.807) is 23.1 Å². The van der Waals surface area contributed by atoms with Crippen molar-refractivity contribution >= 4 is 49.9 Å². The lowest BCUT2D eigenvalue weighted by Gasteiger charge is -2.06. The van der Waals surface area contributed by atoms with Crippen LogP contribution < -0.4 is 0 Å². The van der Waals surface area contributed by atoms with Gasteiger partial charge < -0.3 is 0 Å². The molecule has 0 aliphatic rings. The maximum Gasteiger partial charge on any atom is 0.196 e. The molecule has 0 saturated carbocycles. The molecule has 0 bridgehead atoms. The summed E-state index contributed by atoms with van der Waals surface area (Å²) in [5.74, 6) is 0. The predicted octanol–water partition coefficient (Wildman–Crippen LogP) is 7.33. The molecule has 0 aliphatic heterocycles. The summed E-state index contributed by atoms with van der Waals surface area (Å²) < 4.78 is 3.52. The van der Waals surface area contributed by atoms with Gasteiger partial charge in [0.1, 0.15) is 10.7 Å². The lowest BCUT2D eigenvalue weighted by Crippen LogP contribution is -1.87.